The second-order valence-electron chi connectivity index (χ2n) is 5.91. The predicted molar refractivity (Wildman–Crippen MR) is 92.0 cm³/mol. The van der Waals surface area contributed by atoms with Crippen molar-refractivity contribution in [3.8, 4) is 5.75 Å². The van der Waals surface area contributed by atoms with Crippen LogP contribution in [-0.2, 0) is 6.54 Å². The Bertz CT molecular complexity index is 731. The van der Waals surface area contributed by atoms with Gasteiger partial charge in [0.1, 0.15) is 11.4 Å². The summed E-state index contributed by atoms with van der Waals surface area (Å²) < 4.78 is 10.7. The van der Waals surface area contributed by atoms with Crippen molar-refractivity contribution < 1.29 is 14.1 Å². The summed E-state index contributed by atoms with van der Waals surface area (Å²) in [7, 11) is 0. The van der Waals surface area contributed by atoms with Crippen molar-refractivity contribution in [2.45, 2.75) is 26.8 Å². The molecule has 0 saturated carbocycles. The van der Waals surface area contributed by atoms with E-state index in [-0.39, 0.29) is 5.78 Å². The van der Waals surface area contributed by atoms with Gasteiger partial charge in [0, 0.05) is 26.1 Å². The number of ether oxygens (including phenoxy) is 1. The Morgan fingerprint density at radius 2 is 2.12 bits per heavy atom. The predicted octanol–water partition coefficient (Wildman–Crippen LogP) is 3.57. The topological polar surface area (TPSA) is 55.6 Å². The number of hydrogen-bond donors (Lipinski definition) is 0. The van der Waals surface area contributed by atoms with Crippen molar-refractivity contribution in [3.63, 3.8) is 0 Å². The molecule has 5 heteroatoms. The van der Waals surface area contributed by atoms with Crippen molar-refractivity contribution in [1.29, 1.82) is 0 Å². The number of Topliss-reactive ketones (excluding diaryl/α,β-unsaturated/α-hetero) is 1. The first kappa shape index (κ1) is 16.5. The van der Waals surface area contributed by atoms with Crippen molar-refractivity contribution in [2.75, 3.05) is 19.7 Å². The third-order valence-corrected chi connectivity index (χ3v) is 4.13. The van der Waals surface area contributed by atoms with Gasteiger partial charge in [0.2, 0.25) is 0 Å². The molecular weight excluding hydrogens is 304 g/mol. The first-order chi connectivity index (χ1) is 11.7. The number of carbonyl (C=O) groups is 1. The molecule has 5 nitrogen and oxygen atoms in total. The van der Waals surface area contributed by atoms with Gasteiger partial charge in [0.25, 0.3) is 0 Å². The summed E-state index contributed by atoms with van der Waals surface area (Å²) >= 11 is 0. The Balaban J connectivity index is 1.59. The van der Waals surface area contributed by atoms with E-state index in [1.54, 1.807) is 6.07 Å². The largest absolute Gasteiger partial charge is 0.494 e. The average Bonchev–Trinajstić information content (AvgIpc) is 3.06. The van der Waals surface area contributed by atoms with Crippen LogP contribution in [0.25, 0.3) is 5.57 Å². The molecule has 2 aromatic rings. The maximum Gasteiger partial charge on any atom is 0.181 e. The van der Waals surface area contributed by atoms with Gasteiger partial charge in [-0.1, -0.05) is 23.4 Å². The maximum atomic E-state index is 11.3. The van der Waals surface area contributed by atoms with E-state index in [2.05, 4.69) is 28.3 Å². The highest BCUT2D eigenvalue weighted by molar-refractivity contribution is 5.91. The molecule has 0 aliphatic carbocycles. The minimum atomic E-state index is -0.0682. The van der Waals surface area contributed by atoms with Gasteiger partial charge in [-0.25, -0.2) is 0 Å². The molecule has 1 aliphatic heterocycles. The van der Waals surface area contributed by atoms with Gasteiger partial charge in [0.05, 0.1) is 13.2 Å². The number of benzene rings is 1. The zero-order valence-electron chi connectivity index (χ0n) is 14.1. The number of nitrogens with zero attached hydrogens (tertiary/aromatic N) is 2. The Kier molecular flexibility index (Phi) is 5.11. The van der Waals surface area contributed by atoms with Gasteiger partial charge in [0.15, 0.2) is 11.5 Å². The molecule has 0 atom stereocenters. The van der Waals surface area contributed by atoms with E-state index >= 15 is 0 Å². The molecule has 1 aromatic heterocycles. The molecule has 0 radical (unpaired) electrons. The molecule has 3 rings (SSSR count). The first-order valence-electron chi connectivity index (χ1n) is 8.27. The quantitative estimate of drug-likeness (QED) is 0.760. The van der Waals surface area contributed by atoms with Gasteiger partial charge < -0.3 is 9.26 Å². The molecule has 0 unspecified atom stereocenters. The SMILES string of the molecule is CCOc1ccc(C2=CCN(Cc3cc(C(C)=O)no3)CC2)cc1. The molecule has 0 bridgehead atoms. The average molecular weight is 326 g/mol. The van der Waals surface area contributed by atoms with E-state index < -0.39 is 0 Å². The molecule has 1 aliphatic rings. The van der Waals surface area contributed by atoms with Crippen molar-refractivity contribution in [3.05, 3.63) is 53.4 Å². The lowest BCUT2D eigenvalue weighted by molar-refractivity contribution is 0.100. The zero-order valence-corrected chi connectivity index (χ0v) is 14.1. The van der Waals surface area contributed by atoms with Crippen molar-refractivity contribution in [2.24, 2.45) is 0 Å². The van der Waals surface area contributed by atoms with Crippen LogP contribution in [-0.4, -0.2) is 35.5 Å². The number of hydrogen-bond acceptors (Lipinski definition) is 5. The van der Waals surface area contributed by atoms with E-state index in [4.69, 9.17) is 9.26 Å². The van der Waals surface area contributed by atoms with Crippen LogP contribution in [0.1, 0.15) is 42.1 Å². The van der Waals surface area contributed by atoms with Gasteiger partial charge in [-0.15, -0.1) is 0 Å². The molecule has 0 saturated heterocycles. The van der Waals surface area contributed by atoms with E-state index in [1.807, 2.05) is 19.1 Å². The fraction of sp³-hybridized carbons (Fsp3) is 0.368. The van der Waals surface area contributed by atoms with Crippen LogP contribution in [0.15, 0.2) is 40.9 Å². The van der Waals surface area contributed by atoms with Crippen LogP contribution < -0.4 is 4.74 Å². The molecule has 2 heterocycles. The van der Waals surface area contributed by atoms with Gasteiger partial charge in [-0.3, -0.25) is 9.69 Å². The molecule has 1 aromatic carbocycles. The van der Waals surface area contributed by atoms with Crippen LogP contribution in [0.3, 0.4) is 0 Å². The smallest absolute Gasteiger partial charge is 0.181 e. The fourth-order valence-corrected chi connectivity index (χ4v) is 2.82. The number of aromatic nitrogens is 1. The lowest BCUT2D eigenvalue weighted by Gasteiger charge is -2.25. The molecule has 24 heavy (non-hydrogen) atoms. The molecule has 0 N–H and O–H groups in total. The second kappa shape index (κ2) is 7.45. The van der Waals surface area contributed by atoms with E-state index in [9.17, 15) is 4.79 Å². The number of ketones is 1. The summed E-state index contributed by atoms with van der Waals surface area (Å²) in [6.45, 7) is 6.65. The molecule has 0 amide bonds. The summed E-state index contributed by atoms with van der Waals surface area (Å²) in [6.07, 6.45) is 3.24. The lowest BCUT2D eigenvalue weighted by atomic mass is 9.99. The summed E-state index contributed by atoms with van der Waals surface area (Å²) in [6, 6.07) is 9.99. The Morgan fingerprint density at radius 1 is 1.33 bits per heavy atom. The third kappa shape index (κ3) is 3.92. The van der Waals surface area contributed by atoms with Crippen LogP contribution in [0, 0.1) is 0 Å². The summed E-state index contributed by atoms with van der Waals surface area (Å²) in [5.74, 6) is 1.57. The van der Waals surface area contributed by atoms with Crippen LogP contribution in [0.4, 0.5) is 0 Å². The summed E-state index contributed by atoms with van der Waals surface area (Å²) in [4.78, 5) is 13.5. The highest BCUT2D eigenvalue weighted by Gasteiger charge is 2.16. The van der Waals surface area contributed by atoms with Crippen molar-refractivity contribution >= 4 is 11.4 Å². The minimum absolute atomic E-state index is 0.0682. The maximum absolute atomic E-state index is 11.3. The normalized spacial score (nSPS) is 15.2. The Labute approximate surface area is 141 Å². The second-order valence-corrected chi connectivity index (χ2v) is 5.91. The Morgan fingerprint density at radius 3 is 2.71 bits per heavy atom. The molecule has 126 valence electrons. The lowest BCUT2D eigenvalue weighted by Crippen LogP contribution is -2.27. The molecular formula is C19H22N2O3. The van der Waals surface area contributed by atoms with E-state index in [1.165, 1.54) is 18.1 Å². The van der Waals surface area contributed by atoms with Crippen LogP contribution in [0.5, 0.6) is 5.75 Å². The minimum Gasteiger partial charge on any atom is -0.494 e. The first-order valence-corrected chi connectivity index (χ1v) is 8.27. The summed E-state index contributed by atoms with van der Waals surface area (Å²) in [5.41, 5.74) is 3.00. The van der Waals surface area contributed by atoms with Crippen molar-refractivity contribution in [1.82, 2.24) is 10.1 Å². The van der Waals surface area contributed by atoms with Crippen LogP contribution in [0.2, 0.25) is 0 Å². The summed E-state index contributed by atoms with van der Waals surface area (Å²) in [5, 5.41) is 3.79. The van der Waals surface area contributed by atoms with E-state index in [0.717, 1.165) is 31.0 Å². The fourth-order valence-electron chi connectivity index (χ4n) is 2.82. The van der Waals surface area contributed by atoms with Gasteiger partial charge >= 0.3 is 0 Å². The third-order valence-electron chi connectivity index (χ3n) is 4.13. The Hall–Kier alpha value is -2.40. The van der Waals surface area contributed by atoms with Gasteiger partial charge in [-0.2, -0.15) is 0 Å². The standard InChI is InChI=1S/C19H22N2O3/c1-3-23-17-6-4-15(5-7-17)16-8-10-21(11-9-16)13-18-12-19(14(2)22)20-24-18/h4-8,12H,3,9-11,13H2,1-2H3. The zero-order chi connectivity index (χ0) is 16.9. The highest BCUT2D eigenvalue weighted by atomic mass is 16.5. The van der Waals surface area contributed by atoms with Crippen LogP contribution >= 0.6 is 0 Å². The monoisotopic (exact) mass is 326 g/mol. The highest BCUT2D eigenvalue weighted by Crippen LogP contribution is 2.25. The van der Waals surface area contributed by atoms with Gasteiger partial charge in [-0.05, 0) is 36.6 Å². The molecule has 0 spiro atoms. The number of rotatable bonds is 6. The van der Waals surface area contributed by atoms with E-state index in [0.29, 0.717) is 18.8 Å². The molecule has 0 fully saturated rings. The number of carbonyl (C=O) groups excluding carboxylic acids is 1.